The number of anilines is 1. The van der Waals surface area contributed by atoms with Crippen molar-refractivity contribution in [3.8, 4) is 0 Å². The number of thioether (sulfide) groups is 1. The van der Waals surface area contributed by atoms with Crippen LogP contribution in [-0.2, 0) is 9.59 Å². The first-order chi connectivity index (χ1) is 11.6. The average Bonchev–Trinajstić information content (AvgIpc) is 2.60. The largest absolute Gasteiger partial charge is 0.358 e. The van der Waals surface area contributed by atoms with Crippen LogP contribution < -0.4 is 10.2 Å². The summed E-state index contributed by atoms with van der Waals surface area (Å²) in [6.45, 7) is 2.04. The van der Waals surface area contributed by atoms with Gasteiger partial charge in [-0.3, -0.25) is 14.5 Å². The first kappa shape index (κ1) is 16.3. The van der Waals surface area contributed by atoms with Gasteiger partial charge in [-0.05, 0) is 30.7 Å². The molecule has 0 unspecified atom stereocenters. The van der Waals surface area contributed by atoms with Crippen molar-refractivity contribution in [1.29, 1.82) is 0 Å². The van der Waals surface area contributed by atoms with E-state index in [9.17, 15) is 9.59 Å². The van der Waals surface area contributed by atoms with E-state index in [2.05, 4.69) is 5.32 Å². The van der Waals surface area contributed by atoms with Crippen molar-refractivity contribution in [3.63, 3.8) is 0 Å². The third kappa shape index (κ3) is 3.36. The van der Waals surface area contributed by atoms with Crippen LogP contribution in [0.2, 0.25) is 0 Å². The van der Waals surface area contributed by atoms with E-state index in [4.69, 9.17) is 0 Å². The molecule has 0 aliphatic carbocycles. The summed E-state index contributed by atoms with van der Waals surface area (Å²) in [5.41, 5.74) is 2.92. The van der Waals surface area contributed by atoms with E-state index in [0.29, 0.717) is 4.91 Å². The fraction of sp³-hybridized carbons (Fsp3) is 0.158. The Labute approximate surface area is 145 Å². The molecule has 1 aliphatic rings. The van der Waals surface area contributed by atoms with E-state index >= 15 is 0 Å². The van der Waals surface area contributed by atoms with E-state index < -0.39 is 0 Å². The van der Waals surface area contributed by atoms with Gasteiger partial charge < -0.3 is 5.32 Å². The zero-order chi connectivity index (χ0) is 17.1. The minimum Gasteiger partial charge on any atom is -0.358 e. The van der Waals surface area contributed by atoms with Crippen LogP contribution in [0.1, 0.15) is 11.1 Å². The van der Waals surface area contributed by atoms with Gasteiger partial charge in [0.05, 0.1) is 10.6 Å². The molecule has 0 aromatic heterocycles. The summed E-state index contributed by atoms with van der Waals surface area (Å²) < 4.78 is 0. The number of hydrogen-bond donors (Lipinski definition) is 1. The second kappa shape index (κ2) is 6.93. The molecule has 1 aliphatic heterocycles. The predicted molar refractivity (Wildman–Crippen MR) is 97.9 cm³/mol. The maximum atomic E-state index is 12.9. The highest BCUT2D eigenvalue weighted by atomic mass is 32.2. The molecule has 2 aromatic carbocycles. The van der Waals surface area contributed by atoms with Crippen LogP contribution in [0.4, 0.5) is 5.69 Å². The molecule has 0 fully saturated rings. The van der Waals surface area contributed by atoms with Crippen LogP contribution in [0.5, 0.6) is 0 Å². The summed E-state index contributed by atoms with van der Waals surface area (Å²) in [6, 6.07) is 15.6. The Morgan fingerprint density at radius 2 is 1.88 bits per heavy atom. The van der Waals surface area contributed by atoms with Crippen LogP contribution in [0.3, 0.4) is 0 Å². The summed E-state index contributed by atoms with van der Waals surface area (Å²) in [5, 5.41) is 2.58. The van der Waals surface area contributed by atoms with E-state index in [-0.39, 0.29) is 18.4 Å². The molecule has 1 N–H and O–H groups in total. The van der Waals surface area contributed by atoms with Gasteiger partial charge >= 0.3 is 0 Å². The van der Waals surface area contributed by atoms with Crippen LogP contribution in [0.15, 0.2) is 58.3 Å². The highest BCUT2D eigenvalue weighted by Gasteiger charge is 2.30. The Bertz CT molecular complexity index is 812. The van der Waals surface area contributed by atoms with Crippen molar-refractivity contribution in [2.24, 2.45) is 0 Å². The number of rotatable bonds is 3. The number of fused-ring (bicyclic) bond motifs is 1. The van der Waals surface area contributed by atoms with Crippen LogP contribution in [-0.4, -0.2) is 25.4 Å². The molecular formula is C19H18N2O2S. The second-order valence-corrected chi connectivity index (χ2v) is 6.64. The fourth-order valence-electron chi connectivity index (χ4n) is 2.46. The SMILES string of the molecule is CNC(=O)CN1C(=O)/C(=C\c2ccc(C)cc2)Sc2ccccc21. The van der Waals surface area contributed by atoms with Crippen molar-refractivity contribution in [2.45, 2.75) is 11.8 Å². The van der Waals surface area contributed by atoms with Gasteiger partial charge in [0.2, 0.25) is 5.91 Å². The van der Waals surface area contributed by atoms with Gasteiger partial charge in [-0.2, -0.15) is 0 Å². The van der Waals surface area contributed by atoms with E-state index in [1.165, 1.54) is 22.2 Å². The molecule has 0 atom stereocenters. The molecule has 0 bridgehead atoms. The second-order valence-electron chi connectivity index (χ2n) is 5.55. The van der Waals surface area contributed by atoms with Gasteiger partial charge in [-0.15, -0.1) is 0 Å². The number of nitrogens with one attached hydrogen (secondary N) is 1. The molecule has 2 aromatic rings. The van der Waals surface area contributed by atoms with Crippen LogP contribution in [0.25, 0.3) is 6.08 Å². The minimum absolute atomic E-state index is 0.0120. The number of carbonyl (C=O) groups excluding carboxylic acids is 2. The van der Waals surface area contributed by atoms with Crippen molar-refractivity contribution < 1.29 is 9.59 Å². The van der Waals surface area contributed by atoms with Crippen LogP contribution in [0, 0.1) is 6.92 Å². The van der Waals surface area contributed by atoms with Crippen molar-refractivity contribution >= 4 is 35.3 Å². The molecule has 0 saturated carbocycles. The maximum absolute atomic E-state index is 12.9. The van der Waals surface area contributed by atoms with Crippen molar-refractivity contribution in [3.05, 3.63) is 64.6 Å². The standard InChI is InChI=1S/C19H18N2O2S/c1-13-7-9-14(10-8-13)11-17-19(23)21(12-18(22)20-2)15-5-3-4-6-16(15)24-17/h3-11H,12H2,1-2H3,(H,20,22)/b17-11+. The first-order valence-electron chi connectivity index (χ1n) is 7.66. The molecule has 1 heterocycles. The molecule has 122 valence electrons. The number of hydrogen-bond acceptors (Lipinski definition) is 3. The molecule has 0 radical (unpaired) electrons. The lowest BCUT2D eigenvalue weighted by atomic mass is 10.1. The Balaban J connectivity index is 1.99. The molecule has 0 spiro atoms. The molecule has 24 heavy (non-hydrogen) atoms. The zero-order valence-corrected chi connectivity index (χ0v) is 14.4. The van der Waals surface area contributed by atoms with E-state index in [1.807, 2.05) is 61.5 Å². The highest BCUT2D eigenvalue weighted by Crippen LogP contribution is 2.41. The quantitative estimate of drug-likeness (QED) is 0.874. The Kier molecular flexibility index (Phi) is 4.71. The smallest absolute Gasteiger partial charge is 0.265 e. The van der Waals surface area contributed by atoms with E-state index in [0.717, 1.165) is 16.1 Å². The van der Waals surface area contributed by atoms with Crippen LogP contribution >= 0.6 is 11.8 Å². The summed E-state index contributed by atoms with van der Waals surface area (Å²) in [7, 11) is 1.57. The lowest BCUT2D eigenvalue weighted by Crippen LogP contribution is -2.41. The number of aryl methyl sites for hydroxylation is 1. The third-order valence-electron chi connectivity index (χ3n) is 3.79. The van der Waals surface area contributed by atoms with Crippen molar-refractivity contribution in [2.75, 3.05) is 18.5 Å². The Morgan fingerprint density at radius 1 is 1.17 bits per heavy atom. The van der Waals surface area contributed by atoms with Gasteiger partial charge in [-0.1, -0.05) is 53.7 Å². The molecule has 3 rings (SSSR count). The lowest BCUT2D eigenvalue weighted by molar-refractivity contribution is -0.122. The summed E-state index contributed by atoms with van der Waals surface area (Å²) in [5.74, 6) is -0.345. The topological polar surface area (TPSA) is 49.4 Å². The summed E-state index contributed by atoms with van der Waals surface area (Å²) in [4.78, 5) is 27.8. The monoisotopic (exact) mass is 338 g/mol. The summed E-state index contributed by atoms with van der Waals surface area (Å²) in [6.07, 6.45) is 1.87. The molecular weight excluding hydrogens is 320 g/mol. The molecule has 2 amide bonds. The van der Waals surface area contributed by atoms with Gasteiger partial charge in [0.15, 0.2) is 0 Å². The number of para-hydroxylation sites is 1. The number of carbonyl (C=O) groups is 2. The number of nitrogens with zero attached hydrogens (tertiary/aromatic N) is 1. The number of benzene rings is 2. The van der Waals surface area contributed by atoms with Crippen molar-refractivity contribution in [1.82, 2.24) is 5.32 Å². The van der Waals surface area contributed by atoms with E-state index in [1.54, 1.807) is 7.05 Å². The number of likely N-dealkylation sites (N-methyl/N-ethyl adjacent to an activating group) is 1. The van der Waals surface area contributed by atoms with Gasteiger partial charge in [0.25, 0.3) is 5.91 Å². The minimum atomic E-state index is -0.195. The first-order valence-corrected chi connectivity index (χ1v) is 8.48. The molecule has 5 heteroatoms. The molecule has 4 nitrogen and oxygen atoms in total. The third-order valence-corrected chi connectivity index (χ3v) is 4.87. The highest BCUT2D eigenvalue weighted by molar-refractivity contribution is 8.04. The van der Waals surface area contributed by atoms with Gasteiger partial charge in [0.1, 0.15) is 6.54 Å². The summed E-state index contributed by atoms with van der Waals surface area (Å²) >= 11 is 1.44. The predicted octanol–water partition coefficient (Wildman–Crippen LogP) is 3.22. The average molecular weight is 338 g/mol. The lowest BCUT2D eigenvalue weighted by Gasteiger charge is -2.29. The maximum Gasteiger partial charge on any atom is 0.265 e. The van der Waals surface area contributed by atoms with Gasteiger partial charge in [0, 0.05) is 11.9 Å². The zero-order valence-electron chi connectivity index (χ0n) is 13.6. The Hall–Kier alpha value is -2.53. The molecule has 0 saturated heterocycles. The Morgan fingerprint density at radius 3 is 2.58 bits per heavy atom. The number of amides is 2. The van der Waals surface area contributed by atoms with Gasteiger partial charge in [-0.25, -0.2) is 0 Å². The normalized spacial score (nSPS) is 15.3. The fourth-order valence-corrected chi connectivity index (χ4v) is 3.51.